The van der Waals surface area contributed by atoms with Crippen molar-refractivity contribution in [3.05, 3.63) is 47.6 Å². The Labute approximate surface area is 151 Å². The summed E-state index contributed by atoms with van der Waals surface area (Å²) in [6.45, 7) is 2.21. The molecule has 0 unspecified atom stereocenters. The Morgan fingerprint density at radius 2 is 1.92 bits per heavy atom. The molecular formula is C17H21FN2O3S2. The zero-order chi connectivity index (χ0) is 18.3. The maximum atomic E-state index is 13.2. The molecule has 8 heteroatoms. The topological polar surface area (TPSA) is 66.5 Å². The highest BCUT2D eigenvalue weighted by Crippen LogP contribution is 2.26. The van der Waals surface area contributed by atoms with Crippen LogP contribution in [0.3, 0.4) is 0 Å². The third-order valence-corrected chi connectivity index (χ3v) is 6.69. The predicted octanol–water partition coefficient (Wildman–Crippen LogP) is 3.39. The summed E-state index contributed by atoms with van der Waals surface area (Å²) in [6, 6.07) is 8.16. The van der Waals surface area contributed by atoms with E-state index in [2.05, 4.69) is 12.2 Å². The number of nitrogens with one attached hydrogen (secondary N) is 1. The first-order valence-corrected chi connectivity index (χ1v) is 10.4. The number of thiophene rings is 1. The second-order valence-corrected chi connectivity index (χ2v) is 8.51. The van der Waals surface area contributed by atoms with E-state index in [0.29, 0.717) is 6.54 Å². The normalized spacial score (nSPS) is 11.3. The van der Waals surface area contributed by atoms with Crippen molar-refractivity contribution in [1.29, 1.82) is 0 Å². The summed E-state index contributed by atoms with van der Waals surface area (Å²) >= 11 is 1.07. The van der Waals surface area contributed by atoms with Gasteiger partial charge in [0.15, 0.2) is 0 Å². The molecular weight excluding hydrogens is 363 g/mol. The number of halogens is 1. The maximum Gasteiger partial charge on any atom is 0.274 e. The second-order valence-electron chi connectivity index (χ2n) is 5.48. The number of hydrogen-bond acceptors (Lipinski definition) is 4. The fourth-order valence-electron chi connectivity index (χ4n) is 2.23. The molecule has 1 aromatic carbocycles. The Morgan fingerprint density at radius 1 is 1.20 bits per heavy atom. The number of carbonyl (C=O) groups excluding carboxylic acids is 1. The van der Waals surface area contributed by atoms with E-state index in [9.17, 15) is 17.6 Å². The molecule has 0 spiro atoms. The number of benzene rings is 1. The first-order valence-electron chi connectivity index (χ1n) is 8.03. The van der Waals surface area contributed by atoms with Gasteiger partial charge >= 0.3 is 0 Å². The van der Waals surface area contributed by atoms with Gasteiger partial charge in [-0.3, -0.25) is 9.10 Å². The minimum atomic E-state index is -3.89. The van der Waals surface area contributed by atoms with Gasteiger partial charge in [-0.1, -0.05) is 25.8 Å². The Morgan fingerprint density at radius 3 is 2.52 bits per heavy atom. The number of carbonyl (C=O) groups is 1. The van der Waals surface area contributed by atoms with Crippen LogP contribution >= 0.6 is 11.3 Å². The Hall–Kier alpha value is -1.93. The van der Waals surface area contributed by atoms with Gasteiger partial charge in [-0.05, 0) is 42.1 Å². The van der Waals surface area contributed by atoms with Crippen LogP contribution in [-0.2, 0) is 14.8 Å². The van der Waals surface area contributed by atoms with E-state index in [0.717, 1.165) is 34.9 Å². The van der Waals surface area contributed by atoms with Crippen molar-refractivity contribution < 1.29 is 17.6 Å². The summed E-state index contributed by atoms with van der Waals surface area (Å²) in [5, 5.41) is 4.38. The number of rotatable bonds is 9. The molecule has 0 radical (unpaired) electrons. The first kappa shape index (κ1) is 19.4. The number of unbranched alkanes of at least 4 members (excludes halogenated alkanes) is 2. The number of amides is 1. The number of sulfonamides is 1. The molecule has 25 heavy (non-hydrogen) atoms. The second kappa shape index (κ2) is 8.96. The molecule has 0 aliphatic heterocycles. The lowest BCUT2D eigenvalue weighted by Crippen LogP contribution is -2.41. The quantitative estimate of drug-likeness (QED) is 0.674. The highest BCUT2D eigenvalue weighted by Gasteiger charge is 2.27. The molecule has 0 saturated carbocycles. The number of hydrogen-bond donors (Lipinski definition) is 1. The van der Waals surface area contributed by atoms with E-state index in [1.54, 1.807) is 11.4 Å². The standard InChI is InChI=1S/C17H21FN2O3S2/c1-2-3-4-11-19-16(21)13-20(15-9-7-14(18)8-10-15)25(22,23)17-6-5-12-24-17/h5-10,12H,2-4,11,13H2,1H3,(H,19,21). The van der Waals surface area contributed by atoms with Crippen LogP contribution in [-0.4, -0.2) is 27.4 Å². The molecule has 5 nitrogen and oxygen atoms in total. The number of nitrogens with zero attached hydrogens (tertiary/aromatic N) is 1. The van der Waals surface area contributed by atoms with E-state index >= 15 is 0 Å². The van der Waals surface area contributed by atoms with Crippen molar-refractivity contribution in [1.82, 2.24) is 5.32 Å². The van der Waals surface area contributed by atoms with Crippen molar-refractivity contribution >= 4 is 33.0 Å². The van der Waals surface area contributed by atoms with Gasteiger partial charge in [0.05, 0.1) is 5.69 Å². The summed E-state index contributed by atoms with van der Waals surface area (Å²) in [4.78, 5) is 12.2. The molecule has 0 aliphatic rings. The van der Waals surface area contributed by atoms with Crippen molar-refractivity contribution in [2.75, 3.05) is 17.4 Å². The fourth-order valence-corrected chi connectivity index (χ4v) is 4.76. The molecule has 1 heterocycles. The first-order chi connectivity index (χ1) is 11.9. The monoisotopic (exact) mass is 384 g/mol. The molecule has 0 aliphatic carbocycles. The zero-order valence-electron chi connectivity index (χ0n) is 13.9. The van der Waals surface area contributed by atoms with Crippen molar-refractivity contribution in [3.8, 4) is 0 Å². The minimum Gasteiger partial charge on any atom is -0.355 e. The average Bonchev–Trinajstić information content (AvgIpc) is 3.13. The summed E-state index contributed by atoms with van der Waals surface area (Å²) in [7, 11) is -3.89. The molecule has 0 atom stereocenters. The van der Waals surface area contributed by atoms with E-state index in [-0.39, 0.29) is 22.3 Å². The lowest BCUT2D eigenvalue weighted by atomic mass is 10.2. The predicted molar refractivity (Wildman–Crippen MR) is 97.8 cm³/mol. The average molecular weight is 384 g/mol. The molecule has 0 bridgehead atoms. The molecule has 0 saturated heterocycles. The van der Waals surface area contributed by atoms with Gasteiger partial charge in [0.1, 0.15) is 16.6 Å². The summed E-state index contributed by atoms with van der Waals surface area (Å²) < 4.78 is 40.0. The lowest BCUT2D eigenvalue weighted by molar-refractivity contribution is -0.119. The molecule has 0 fully saturated rings. The molecule has 1 N–H and O–H groups in total. The van der Waals surface area contributed by atoms with Gasteiger partial charge in [0.25, 0.3) is 10.0 Å². The van der Waals surface area contributed by atoms with E-state index in [1.165, 1.54) is 30.3 Å². The van der Waals surface area contributed by atoms with Crippen LogP contribution in [0.4, 0.5) is 10.1 Å². The fraction of sp³-hybridized carbons (Fsp3) is 0.353. The molecule has 2 aromatic rings. The van der Waals surface area contributed by atoms with Crippen LogP contribution in [0.1, 0.15) is 26.2 Å². The largest absolute Gasteiger partial charge is 0.355 e. The van der Waals surface area contributed by atoms with Crippen LogP contribution in [0.15, 0.2) is 46.0 Å². The minimum absolute atomic E-state index is 0.135. The van der Waals surface area contributed by atoms with Crippen LogP contribution in [0.5, 0.6) is 0 Å². The molecule has 1 amide bonds. The molecule has 136 valence electrons. The SMILES string of the molecule is CCCCCNC(=O)CN(c1ccc(F)cc1)S(=O)(=O)c1cccs1. The molecule has 1 aromatic heterocycles. The summed E-state index contributed by atoms with van der Waals surface area (Å²) in [5.74, 6) is -0.859. The van der Waals surface area contributed by atoms with E-state index < -0.39 is 15.8 Å². The van der Waals surface area contributed by atoms with Crippen molar-refractivity contribution in [2.45, 2.75) is 30.4 Å². The van der Waals surface area contributed by atoms with Gasteiger partial charge in [0, 0.05) is 6.54 Å². The number of anilines is 1. The Balaban J connectivity index is 2.21. The van der Waals surface area contributed by atoms with Crippen LogP contribution in [0, 0.1) is 5.82 Å². The summed E-state index contributed by atoms with van der Waals surface area (Å²) in [5.41, 5.74) is 0.249. The van der Waals surface area contributed by atoms with Gasteiger partial charge in [-0.2, -0.15) is 0 Å². The van der Waals surface area contributed by atoms with Crippen molar-refractivity contribution in [3.63, 3.8) is 0 Å². The Bertz CT molecular complexity index is 775. The summed E-state index contributed by atoms with van der Waals surface area (Å²) in [6.07, 6.45) is 2.87. The zero-order valence-corrected chi connectivity index (χ0v) is 15.6. The van der Waals surface area contributed by atoms with Gasteiger partial charge < -0.3 is 5.32 Å². The lowest BCUT2D eigenvalue weighted by Gasteiger charge is -2.23. The van der Waals surface area contributed by atoms with E-state index in [4.69, 9.17) is 0 Å². The van der Waals surface area contributed by atoms with Crippen LogP contribution in [0.25, 0.3) is 0 Å². The Kier molecular flexibility index (Phi) is 6.95. The van der Waals surface area contributed by atoms with E-state index in [1.807, 2.05) is 0 Å². The van der Waals surface area contributed by atoms with Gasteiger partial charge in [-0.25, -0.2) is 12.8 Å². The van der Waals surface area contributed by atoms with Gasteiger partial charge in [-0.15, -0.1) is 11.3 Å². The highest BCUT2D eigenvalue weighted by molar-refractivity contribution is 7.94. The van der Waals surface area contributed by atoms with Crippen molar-refractivity contribution in [2.24, 2.45) is 0 Å². The van der Waals surface area contributed by atoms with Crippen LogP contribution in [0.2, 0.25) is 0 Å². The van der Waals surface area contributed by atoms with Crippen LogP contribution < -0.4 is 9.62 Å². The third kappa shape index (κ3) is 5.27. The van der Waals surface area contributed by atoms with Gasteiger partial charge in [0.2, 0.25) is 5.91 Å². The molecule has 2 rings (SSSR count). The smallest absolute Gasteiger partial charge is 0.274 e. The third-order valence-electron chi connectivity index (χ3n) is 3.54. The highest BCUT2D eigenvalue weighted by atomic mass is 32.2. The maximum absolute atomic E-state index is 13.2.